The molecular formula is C21H24F2N9O8PS. The Balaban J connectivity index is 1.19. The zero-order valence-corrected chi connectivity index (χ0v) is 23.0. The summed E-state index contributed by atoms with van der Waals surface area (Å²) in [6.45, 7) is -5.92. The number of halogens is 2. The molecule has 6 heterocycles. The van der Waals surface area contributed by atoms with Gasteiger partial charge < -0.3 is 35.7 Å². The molecule has 2 aliphatic heterocycles. The van der Waals surface area contributed by atoms with Gasteiger partial charge >= 0.3 is 6.80 Å². The third kappa shape index (κ3) is 4.92. The molecule has 4 aromatic rings. The first-order valence-corrected chi connectivity index (χ1v) is 15.0. The van der Waals surface area contributed by atoms with E-state index in [2.05, 4.69) is 37.2 Å². The minimum absolute atomic E-state index is 0.0948. The Morgan fingerprint density at radius 2 is 1.88 bits per heavy atom. The van der Waals surface area contributed by atoms with Gasteiger partial charge in [-0.1, -0.05) is 12.2 Å². The van der Waals surface area contributed by atoms with E-state index in [1.807, 2.05) is 0 Å². The second-order valence-electron chi connectivity index (χ2n) is 9.52. The van der Waals surface area contributed by atoms with E-state index in [1.54, 1.807) is 6.07 Å². The van der Waals surface area contributed by atoms with Crippen molar-refractivity contribution in [1.82, 2.24) is 34.1 Å². The fourth-order valence-corrected chi connectivity index (χ4v) is 6.37. The van der Waals surface area contributed by atoms with E-state index in [1.165, 1.54) is 17.1 Å². The lowest BCUT2D eigenvalue weighted by Gasteiger charge is -2.25. The molecule has 42 heavy (non-hydrogen) atoms. The predicted octanol–water partition coefficient (Wildman–Crippen LogP) is -0.00720. The smallest absolute Gasteiger partial charge is 0.386 e. The zero-order valence-electron chi connectivity index (χ0n) is 21.2. The van der Waals surface area contributed by atoms with Crippen molar-refractivity contribution in [2.75, 3.05) is 24.7 Å². The maximum absolute atomic E-state index is 15.3. The number of nitrogens with two attached hydrogens (primary N) is 2. The van der Waals surface area contributed by atoms with E-state index >= 15 is 8.78 Å². The Labute approximate surface area is 238 Å². The molecule has 0 bridgehead atoms. The lowest BCUT2D eigenvalue weighted by atomic mass is 10.1. The summed E-state index contributed by atoms with van der Waals surface area (Å²) in [5.41, 5.74) is 10.8. The van der Waals surface area contributed by atoms with Crippen LogP contribution in [0.3, 0.4) is 0 Å². The topological polar surface area (TPSA) is 241 Å². The average molecular weight is 632 g/mol. The van der Waals surface area contributed by atoms with Gasteiger partial charge in [-0.25, -0.2) is 28.3 Å². The fourth-order valence-electron chi connectivity index (χ4n) is 4.92. The third-order valence-corrected chi connectivity index (χ3v) is 8.55. The molecule has 0 radical (unpaired) electrons. The molecule has 226 valence electrons. The average Bonchev–Trinajstić information content (AvgIpc) is 3.69. The summed E-state index contributed by atoms with van der Waals surface area (Å²) in [4.78, 5) is 30.3. The molecule has 0 spiro atoms. The number of ether oxygens (including phenoxy) is 2. The molecule has 2 fully saturated rings. The molecule has 17 nitrogen and oxygen atoms in total. The zero-order chi connectivity index (χ0) is 29.9. The van der Waals surface area contributed by atoms with E-state index in [0.29, 0.717) is 5.39 Å². The summed E-state index contributed by atoms with van der Waals surface area (Å²) >= 11 is 3.92. The van der Waals surface area contributed by atoms with Crippen molar-refractivity contribution in [3.63, 3.8) is 0 Å². The highest BCUT2D eigenvalue weighted by Crippen LogP contribution is 2.57. The fraction of sp³-hybridized carbons (Fsp3) is 0.476. The number of hydrogen-bond donors (Lipinski definition) is 6. The number of nitrogens with zero attached hydrogens (tertiary/aromatic N) is 6. The van der Waals surface area contributed by atoms with Crippen LogP contribution in [-0.4, -0.2) is 94.2 Å². The molecule has 4 aromatic heterocycles. The van der Waals surface area contributed by atoms with Crippen LogP contribution in [0.2, 0.25) is 0 Å². The SMILES string of the molecule is Nc1nc2c(ncn2[C@@H]2O[C@H](CO)[C@H](F)[C@H]2O[P@](=O)(S)OC[C@H]2O[C@@H](n3ccc4c(N)ncnc43)[C@@H](F)[C@@H]2O)c(=O)[nH]1. The van der Waals surface area contributed by atoms with Gasteiger partial charge in [-0.05, 0) is 6.07 Å². The van der Waals surface area contributed by atoms with Crippen LogP contribution < -0.4 is 17.0 Å². The van der Waals surface area contributed by atoms with Crippen molar-refractivity contribution in [3.8, 4) is 0 Å². The summed E-state index contributed by atoms with van der Waals surface area (Å²) in [7, 11) is 0. The third-order valence-electron chi connectivity index (χ3n) is 6.93. The number of aliphatic hydroxyl groups is 2. The van der Waals surface area contributed by atoms with Crippen LogP contribution in [0.1, 0.15) is 12.5 Å². The first-order valence-electron chi connectivity index (χ1n) is 12.3. The number of aromatic nitrogens is 7. The number of hydrogen-bond acceptors (Lipinski definition) is 14. The Morgan fingerprint density at radius 1 is 1.12 bits per heavy atom. The molecule has 0 aliphatic carbocycles. The molecule has 0 amide bonds. The van der Waals surface area contributed by atoms with E-state index in [9.17, 15) is 19.6 Å². The largest absolute Gasteiger partial charge is 0.394 e. The van der Waals surface area contributed by atoms with Gasteiger partial charge in [-0.2, -0.15) is 4.98 Å². The normalized spacial score (nSPS) is 31.3. The maximum atomic E-state index is 15.3. The minimum atomic E-state index is -4.47. The highest BCUT2D eigenvalue weighted by molar-refractivity contribution is 8.44. The van der Waals surface area contributed by atoms with E-state index in [4.69, 9.17) is 30.0 Å². The summed E-state index contributed by atoms with van der Waals surface area (Å²) in [6.07, 6.45) is -9.21. The molecule has 9 atom stereocenters. The Bertz CT molecular complexity index is 1740. The Kier molecular flexibility index (Phi) is 7.42. The van der Waals surface area contributed by atoms with E-state index in [0.717, 1.165) is 10.9 Å². The highest BCUT2D eigenvalue weighted by Gasteiger charge is 2.51. The number of aliphatic hydroxyl groups excluding tert-OH is 2. The molecule has 0 aromatic carbocycles. The number of imidazole rings is 1. The van der Waals surface area contributed by atoms with Crippen LogP contribution in [0.4, 0.5) is 20.5 Å². The van der Waals surface area contributed by atoms with Crippen molar-refractivity contribution in [1.29, 1.82) is 0 Å². The second kappa shape index (κ2) is 10.8. The molecule has 21 heteroatoms. The van der Waals surface area contributed by atoms with Gasteiger partial charge in [-0.3, -0.25) is 23.4 Å². The van der Waals surface area contributed by atoms with Crippen LogP contribution in [0, 0.1) is 0 Å². The van der Waals surface area contributed by atoms with E-state index in [-0.39, 0.29) is 28.6 Å². The summed E-state index contributed by atoms with van der Waals surface area (Å²) in [6, 6.07) is 1.56. The summed E-state index contributed by atoms with van der Waals surface area (Å²) < 4.78 is 68.0. The number of aromatic amines is 1. The van der Waals surface area contributed by atoms with Crippen molar-refractivity contribution in [3.05, 3.63) is 35.3 Å². The lowest BCUT2D eigenvalue weighted by Crippen LogP contribution is -2.33. The minimum Gasteiger partial charge on any atom is -0.394 e. The molecule has 0 unspecified atom stereocenters. The van der Waals surface area contributed by atoms with Gasteiger partial charge in [0.25, 0.3) is 5.56 Å². The van der Waals surface area contributed by atoms with Gasteiger partial charge in [-0.15, -0.1) is 0 Å². The van der Waals surface area contributed by atoms with Crippen LogP contribution >= 0.6 is 19.0 Å². The number of rotatable bonds is 8. The molecule has 0 saturated carbocycles. The lowest BCUT2D eigenvalue weighted by molar-refractivity contribution is -0.0529. The van der Waals surface area contributed by atoms with E-state index < -0.39 is 74.8 Å². The number of thiol groups is 1. The van der Waals surface area contributed by atoms with Crippen molar-refractivity contribution >= 4 is 53.0 Å². The molecule has 7 N–H and O–H groups in total. The van der Waals surface area contributed by atoms with Gasteiger partial charge in [0, 0.05) is 6.20 Å². The first-order chi connectivity index (χ1) is 20.0. The number of fused-ring (bicyclic) bond motifs is 2. The Morgan fingerprint density at radius 3 is 2.64 bits per heavy atom. The van der Waals surface area contributed by atoms with Gasteiger partial charge in [0.05, 0.1) is 24.9 Å². The molecule has 2 saturated heterocycles. The number of nitrogen functional groups attached to an aromatic ring is 2. The quantitative estimate of drug-likeness (QED) is 0.111. The van der Waals surface area contributed by atoms with Crippen LogP contribution in [0.5, 0.6) is 0 Å². The molecular weight excluding hydrogens is 607 g/mol. The van der Waals surface area contributed by atoms with Crippen LogP contribution in [0.25, 0.3) is 22.2 Å². The highest BCUT2D eigenvalue weighted by atomic mass is 32.7. The summed E-state index contributed by atoms with van der Waals surface area (Å²) in [5, 5.41) is 20.5. The number of nitrogens with one attached hydrogen (secondary N) is 1. The van der Waals surface area contributed by atoms with Gasteiger partial charge in [0.2, 0.25) is 5.95 Å². The van der Waals surface area contributed by atoms with Crippen molar-refractivity contribution in [2.45, 2.75) is 49.2 Å². The molecule has 6 rings (SSSR count). The van der Waals surface area contributed by atoms with Crippen LogP contribution in [-0.2, 0) is 23.1 Å². The maximum Gasteiger partial charge on any atom is 0.386 e. The van der Waals surface area contributed by atoms with Gasteiger partial charge in [0.15, 0.2) is 36.0 Å². The Hall–Kier alpha value is -3.23. The van der Waals surface area contributed by atoms with Crippen molar-refractivity contribution in [2.24, 2.45) is 0 Å². The number of anilines is 2. The van der Waals surface area contributed by atoms with Crippen molar-refractivity contribution < 1.29 is 42.1 Å². The van der Waals surface area contributed by atoms with Crippen LogP contribution in [0.15, 0.2) is 29.7 Å². The monoisotopic (exact) mass is 631 g/mol. The number of alkyl halides is 2. The standard InChI is InChI=1S/C21H24F2N9O8PS/c22-10-8(3-33)38-20(32-6-28-12-17(32)29-21(25)30-18(12)35)14(10)40-41(36,42)37-4-9-13(34)11(23)19(39-9)31-2-1-7-15(24)26-5-27-16(7)31/h1-2,5-6,8-11,13-14,19-20,33-34H,3-4H2,(H,36,42)(H2,24,26,27)(H3,25,29,30,35)/t8-,9-,10+,11+,13-,14-,19-,20-,41-/m1/s1. The molecule has 2 aliphatic rings. The van der Waals surface area contributed by atoms with Gasteiger partial charge in [0.1, 0.15) is 42.2 Å². The number of H-pyrrole nitrogens is 1. The second-order valence-corrected chi connectivity index (χ2v) is 12.4. The first kappa shape index (κ1) is 28.9. The predicted molar refractivity (Wildman–Crippen MR) is 143 cm³/mol. The summed E-state index contributed by atoms with van der Waals surface area (Å²) in [5.74, 6) is -0.0915.